The Kier molecular flexibility index (Phi) is 6.14. The molecule has 0 amide bonds. The summed E-state index contributed by atoms with van der Waals surface area (Å²) in [5.41, 5.74) is 16.0. The molecule has 2 aliphatic heterocycles. The number of fused-ring (bicyclic) bond motifs is 13. The summed E-state index contributed by atoms with van der Waals surface area (Å²) in [6.07, 6.45) is 0. The van der Waals surface area contributed by atoms with E-state index in [-0.39, 0.29) is 17.7 Å². The van der Waals surface area contributed by atoms with Gasteiger partial charge in [0.1, 0.15) is 0 Å². The van der Waals surface area contributed by atoms with Gasteiger partial charge >= 0.3 is 6.85 Å². The van der Waals surface area contributed by atoms with Gasteiger partial charge < -0.3 is 9.38 Å². The van der Waals surface area contributed by atoms with Crippen LogP contribution in [0.3, 0.4) is 0 Å². The van der Waals surface area contributed by atoms with Gasteiger partial charge in [-0.2, -0.15) is 0 Å². The number of nitrogens with zero attached hydrogens (tertiary/aromatic N) is 2. The molecule has 11 rings (SSSR count). The van der Waals surface area contributed by atoms with Crippen LogP contribution in [-0.2, 0) is 10.8 Å². The molecule has 7 aromatic carbocycles. The van der Waals surface area contributed by atoms with Crippen molar-refractivity contribution in [2.24, 2.45) is 0 Å². The van der Waals surface area contributed by atoms with E-state index < -0.39 is 0 Å². The van der Waals surface area contributed by atoms with Crippen LogP contribution in [0.5, 0.6) is 0 Å². The number of thiophene rings is 1. The summed E-state index contributed by atoms with van der Waals surface area (Å²) in [6, 6.07) is 46.8. The van der Waals surface area contributed by atoms with Crippen LogP contribution in [0, 0.1) is 6.92 Å². The first-order valence-corrected chi connectivity index (χ1v) is 19.8. The average molecular weight is 701 g/mol. The molecule has 0 N–H and O–H groups in total. The summed E-state index contributed by atoms with van der Waals surface area (Å²) in [6.45, 7) is 16.3. The number of benzene rings is 7. The second-order valence-corrected chi connectivity index (χ2v) is 18.5. The van der Waals surface area contributed by atoms with Crippen LogP contribution in [0.25, 0.3) is 69.6 Å². The molecule has 9 aromatic rings. The van der Waals surface area contributed by atoms with Crippen molar-refractivity contribution in [3.05, 3.63) is 138 Å². The lowest BCUT2D eigenvalue weighted by Gasteiger charge is -2.42. The smallest absolute Gasteiger partial charge is 0.333 e. The summed E-state index contributed by atoms with van der Waals surface area (Å²) in [7, 11) is 0. The van der Waals surface area contributed by atoms with E-state index in [9.17, 15) is 0 Å². The second kappa shape index (κ2) is 10.4. The van der Waals surface area contributed by atoms with E-state index in [4.69, 9.17) is 0 Å². The van der Waals surface area contributed by atoms with E-state index in [0.29, 0.717) is 0 Å². The van der Waals surface area contributed by atoms with Gasteiger partial charge in [0.05, 0.1) is 11.0 Å². The van der Waals surface area contributed by atoms with Crippen LogP contribution in [0.15, 0.2) is 121 Å². The fourth-order valence-corrected chi connectivity index (χ4v) is 10.8. The van der Waals surface area contributed by atoms with Crippen LogP contribution in [0.4, 0.5) is 11.4 Å². The largest absolute Gasteiger partial charge is 0.376 e. The molecule has 0 aliphatic carbocycles. The molecule has 2 aliphatic rings. The maximum Gasteiger partial charge on any atom is 0.333 e. The maximum absolute atomic E-state index is 2.69. The third-order valence-electron chi connectivity index (χ3n) is 12.2. The highest BCUT2D eigenvalue weighted by molar-refractivity contribution is 7.26. The van der Waals surface area contributed by atoms with Crippen molar-refractivity contribution in [3.8, 4) is 16.8 Å². The van der Waals surface area contributed by atoms with E-state index in [2.05, 4.69) is 179 Å². The van der Waals surface area contributed by atoms with Crippen molar-refractivity contribution >= 4 is 93.2 Å². The number of para-hydroxylation sites is 1. The van der Waals surface area contributed by atoms with Crippen molar-refractivity contribution in [2.75, 3.05) is 4.81 Å². The highest BCUT2D eigenvalue weighted by Crippen LogP contribution is 2.50. The van der Waals surface area contributed by atoms with Crippen LogP contribution < -0.4 is 15.7 Å². The number of rotatable bonds is 1. The number of hydrogen-bond acceptors (Lipinski definition) is 2. The first kappa shape index (κ1) is 31.2. The van der Waals surface area contributed by atoms with Gasteiger partial charge in [-0.15, -0.1) is 11.3 Å². The zero-order valence-corrected chi connectivity index (χ0v) is 32.2. The van der Waals surface area contributed by atoms with Gasteiger partial charge in [0.25, 0.3) is 0 Å². The van der Waals surface area contributed by atoms with Gasteiger partial charge in [-0.3, -0.25) is 0 Å². The van der Waals surface area contributed by atoms with Crippen molar-refractivity contribution < 1.29 is 0 Å². The predicted octanol–water partition coefficient (Wildman–Crippen LogP) is 12.4. The van der Waals surface area contributed by atoms with E-state index in [1.165, 1.54) is 109 Å². The number of hydrogen-bond donors (Lipinski definition) is 0. The van der Waals surface area contributed by atoms with Gasteiger partial charge in [-0.25, -0.2) is 0 Å². The van der Waals surface area contributed by atoms with Gasteiger partial charge in [0, 0.05) is 53.6 Å². The molecular weight excluding hydrogens is 659 g/mol. The van der Waals surface area contributed by atoms with Crippen LogP contribution >= 0.6 is 11.3 Å². The van der Waals surface area contributed by atoms with Crippen LogP contribution in [-0.4, -0.2) is 11.4 Å². The monoisotopic (exact) mass is 700 g/mol. The second-order valence-electron chi connectivity index (χ2n) is 17.5. The Balaban J connectivity index is 1.32. The minimum Gasteiger partial charge on any atom is -0.376 e. The summed E-state index contributed by atoms with van der Waals surface area (Å²) in [5, 5.41) is 8.01. The van der Waals surface area contributed by atoms with Crippen molar-refractivity contribution in [1.29, 1.82) is 0 Å². The minimum atomic E-state index is 0.00265. The van der Waals surface area contributed by atoms with E-state index in [1.54, 1.807) is 0 Å². The molecule has 53 heavy (non-hydrogen) atoms. The number of anilines is 2. The average Bonchev–Trinajstić information content (AvgIpc) is 3.69. The van der Waals surface area contributed by atoms with Crippen molar-refractivity contribution in [2.45, 2.75) is 59.3 Å². The van der Waals surface area contributed by atoms with Gasteiger partial charge in [0.2, 0.25) is 0 Å². The standard InChI is InChI=1S/C49H41BN2S/c1-28-24-38-36-26-37-34-22-16-29-12-8-9-13-33(29)47(34)53-43(37)27-42(36)52(32-20-17-30(18-21-32)48(2,3)4)50-39-25-31(49(5,6)7)19-23-41(39)51-40-15-11-10-14-35(40)44(28)46(51)45(38)50/h8-27H,1-7H3. The molecule has 2 aromatic heterocycles. The predicted molar refractivity (Wildman–Crippen MR) is 232 cm³/mol. The summed E-state index contributed by atoms with van der Waals surface area (Å²) < 4.78 is 5.29. The molecular formula is C49H41BN2S. The van der Waals surface area contributed by atoms with Crippen molar-refractivity contribution in [3.63, 3.8) is 0 Å². The van der Waals surface area contributed by atoms with Gasteiger partial charge in [0.15, 0.2) is 0 Å². The summed E-state index contributed by atoms with van der Waals surface area (Å²) in [4.78, 5) is 2.69. The van der Waals surface area contributed by atoms with E-state index >= 15 is 0 Å². The topological polar surface area (TPSA) is 8.17 Å². The van der Waals surface area contributed by atoms with Gasteiger partial charge in [-0.1, -0.05) is 126 Å². The Morgan fingerprint density at radius 1 is 0.585 bits per heavy atom. The molecule has 0 bridgehead atoms. The third-order valence-corrected chi connectivity index (χ3v) is 13.4. The lowest BCUT2D eigenvalue weighted by atomic mass is 9.43. The molecule has 0 saturated heterocycles. The molecule has 2 nitrogen and oxygen atoms in total. The Bertz CT molecular complexity index is 3040. The number of aryl methyl sites for hydroxylation is 1. The Labute approximate surface area is 315 Å². The molecule has 0 atom stereocenters. The molecule has 0 fully saturated rings. The molecule has 4 heterocycles. The Hall–Kier alpha value is -5.32. The van der Waals surface area contributed by atoms with Crippen LogP contribution in [0.1, 0.15) is 58.2 Å². The quantitative estimate of drug-likeness (QED) is 0.155. The highest BCUT2D eigenvalue weighted by Gasteiger charge is 2.45. The first-order valence-electron chi connectivity index (χ1n) is 19.0. The fraction of sp³-hybridized carbons (Fsp3) is 0.184. The zero-order chi connectivity index (χ0) is 36.1. The molecule has 0 unspecified atom stereocenters. The van der Waals surface area contributed by atoms with Crippen molar-refractivity contribution in [1.82, 2.24) is 4.57 Å². The first-order chi connectivity index (χ1) is 25.5. The van der Waals surface area contributed by atoms with E-state index in [1.807, 2.05) is 11.3 Å². The number of aromatic nitrogens is 1. The summed E-state index contributed by atoms with van der Waals surface area (Å²) in [5.74, 6) is 0. The molecule has 4 heteroatoms. The van der Waals surface area contributed by atoms with Crippen LogP contribution in [0.2, 0.25) is 0 Å². The maximum atomic E-state index is 2.69. The Morgan fingerprint density at radius 2 is 1.30 bits per heavy atom. The SMILES string of the molecule is Cc1cc2c3c4c1c1ccccc1n4-c1ccc(C(C)(C)C)cc1B3N(c1ccc(C(C)(C)C)cc1)c1cc3sc4c5ccccc5ccc4c3cc1-2. The third kappa shape index (κ3) is 4.22. The Morgan fingerprint density at radius 3 is 2.08 bits per heavy atom. The lowest BCUT2D eigenvalue weighted by Crippen LogP contribution is -2.60. The summed E-state index contributed by atoms with van der Waals surface area (Å²) >= 11 is 1.94. The normalized spacial score (nSPS) is 13.9. The molecule has 256 valence electrons. The molecule has 0 saturated carbocycles. The molecule has 0 radical (unpaired) electrons. The minimum absolute atomic E-state index is 0.00265. The van der Waals surface area contributed by atoms with E-state index in [0.717, 1.165) is 0 Å². The lowest BCUT2D eigenvalue weighted by molar-refractivity contribution is 0.590. The molecule has 0 spiro atoms. The van der Waals surface area contributed by atoms with Gasteiger partial charge in [-0.05, 0) is 98.1 Å². The highest BCUT2D eigenvalue weighted by atomic mass is 32.1. The fourth-order valence-electron chi connectivity index (χ4n) is 9.51. The zero-order valence-electron chi connectivity index (χ0n) is 31.4.